The number of carbonyl (C=O) groups is 1. The standard InChI is InChI=1S/C16H19N3O3S/c1-2-3-9-15(20)17-16-13-10-23(21,22)11-14(13)18-19(16)12-7-5-4-6-8-12/h4-8H,2-3,9-11H2,1H3,(H,17,20). The normalized spacial score (nSPS) is 15.3. The molecule has 0 radical (unpaired) electrons. The number of unbranched alkanes of at least 4 members (excludes halogenated alkanes) is 1. The number of hydrogen-bond acceptors (Lipinski definition) is 4. The van der Waals surface area contributed by atoms with Crippen molar-refractivity contribution < 1.29 is 13.2 Å². The third kappa shape index (κ3) is 3.29. The molecule has 1 aliphatic rings. The smallest absolute Gasteiger partial charge is 0.225 e. The van der Waals surface area contributed by atoms with Crippen LogP contribution in [-0.4, -0.2) is 24.1 Å². The van der Waals surface area contributed by atoms with E-state index in [9.17, 15) is 13.2 Å². The van der Waals surface area contributed by atoms with E-state index in [0.29, 0.717) is 23.5 Å². The lowest BCUT2D eigenvalue weighted by atomic mass is 10.2. The summed E-state index contributed by atoms with van der Waals surface area (Å²) < 4.78 is 25.3. The lowest BCUT2D eigenvalue weighted by Crippen LogP contribution is -2.16. The minimum atomic E-state index is -3.16. The van der Waals surface area contributed by atoms with Gasteiger partial charge in [0, 0.05) is 12.0 Å². The molecule has 0 spiro atoms. The number of benzene rings is 1. The monoisotopic (exact) mass is 333 g/mol. The van der Waals surface area contributed by atoms with Gasteiger partial charge in [-0.3, -0.25) is 4.79 Å². The zero-order chi connectivity index (χ0) is 16.4. The molecule has 0 aliphatic carbocycles. The number of aromatic nitrogens is 2. The van der Waals surface area contributed by atoms with Crippen LogP contribution in [0.1, 0.15) is 37.4 Å². The van der Waals surface area contributed by atoms with Crippen LogP contribution >= 0.6 is 0 Å². The fourth-order valence-corrected chi connectivity index (χ4v) is 4.15. The van der Waals surface area contributed by atoms with Crippen molar-refractivity contribution in [2.75, 3.05) is 5.32 Å². The van der Waals surface area contributed by atoms with Gasteiger partial charge in [0.25, 0.3) is 0 Å². The summed E-state index contributed by atoms with van der Waals surface area (Å²) in [4.78, 5) is 12.1. The molecule has 6 nitrogen and oxygen atoms in total. The number of amides is 1. The fraction of sp³-hybridized carbons (Fsp3) is 0.375. The van der Waals surface area contributed by atoms with Crippen LogP contribution in [0.5, 0.6) is 0 Å². The SMILES string of the molecule is CCCCC(=O)Nc1c2c(nn1-c1ccccc1)CS(=O)(=O)C2. The quantitative estimate of drug-likeness (QED) is 0.911. The Labute approximate surface area is 135 Å². The third-order valence-corrected chi connectivity index (χ3v) is 5.25. The van der Waals surface area contributed by atoms with Gasteiger partial charge in [-0.25, -0.2) is 13.1 Å². The zero-order valence-corrected chi connectivity index (χ0v) is 13.8. The second-order valence-electron chi connectivity index (χ2n) is 5.71. The lowest BCUT2D eigenvalue weighted by molar-refractivity contribution is -0.116. The highest BCUT2D eigenvalue weighted by molar-refractivity contribution is 7.90. The van der Waals surface area contributed by atoms with Crippen LogP contribution in [0.15, 0.2) is 30.3 Å². The predicted octanol–water partition coefficient (Wildman–Crippen LogP) is 2.43. The molecule has 0 bridgehead atoms. The summed E-state index contributed by atoms with van der Waals surface area (Å²) in [6, 6.07) is 9.39. The summed E-state index contributed by atoms with van der Waals surface area (Å²) in [5.41, 5.74) is 1.93. The molecule has 1 aromatic carbocycles. The maximum atomic E-state index is 12.1. The van der Waals surface area contributed by atoms with Crippen LogP contribution in [0, 0.1) is 0 Å². The maximum Gasteiger partial charge on any atom is 0.225 e. The van der Waals surface area contributed by atoms with Gasteiger partial charge in [0.2, 0.25) is 5.91 Å². The van der Waals surface area contributed by atoms with Gasteiger partial charge in [0.05, 0.1) is 22.9 Å². The van der Waals surface area contributed by atoms with Crippen LogP contribution in [0.25, 0.3) is 5.69 Å². The number of nitrogens with one attached hydrogen (secondary N) is 1. The van der Waals surface area contributed by atoms with E-state index in [4.69, 9.17) is 0 Å². The molecule has 0 saturated heterocycles. The molecule has 7 heteroatoms. The Kier molecular flexibility index (Phi) is 4.21. The first-order chi connectivity index (χ1) is 11.0. The molecule has 1 amide bonds. The second-order valence-corrected chi connectivity index (χ2v) is 7.77. The number of para-hydroxylation sites is 1. The van der Waals surface area contributed by atoms with Crippen molar-refractivity contribution >= 4 is 21.6 Å². The van der Waals surface area contributed by atoms with Gasteiger partial charge >= 0.3 is 0 Å². The van der Waals surface area contributed by atoms with Gasteiger partial charge in [-0.2, -0.15) is 5.10 Å². The predicted molar refractivity (Wildman–Crippen MR) is 88.0 cm³/mol. The highest BCUT2D eigenvalue weighted by atomic mass is 32.2. The molecule has 0 fully saturated rings. The van der Waals surface area contributed by atoms with E-state index in [1.54, 1.807) is 4.68 Å². The number of fused-ring (bicyclic) bond motifs is 1. The Hall–Kier alpha value is -2.15. The minimum absolute atomic E-state index is 0.0694. The summed E-state index contributed by atoms with van der Waals surface area (Å²) in [6.07, 6.45) is 2.14. The number of hydrogen-bond donors (Lipinski definition) is 1. The lowest BCUT2D eigenvalue weighted by Gasteiger charge is -2.11. The van der Waals surface area contributed by atoms with Crippen LogP contribution in [0.4, 0.5) is 5.82 Å². The molecule has 2 heterocycles. The van der Waals surface area contributed by atoms with Crippen molar-refractivity contribution in [3.8, 4) is 5.69 Å². The number of sulfone groups is 1. The van der Waals surface area contributed by atoms with Crippen molar-refractivity contribution in [3.63, 3.8) is 0 Å². The summed E-state index contributed by atoms with van der Waals surface area (Å²) in [5.74, 6) is 0.225. The molecule has 1 aliphatic heterocycles. The first kappa shape index (κ1) is 15.7. The first-order valence-electron chi connectivity index (χ1n) is 7.66. The van der Waals surface area contributed by atoms with Crippen LogP contribution < -0.4 is 5.32 Å². The minimum Gasteiger partial charge on any atom is -0.310 e. The van der Waals surface area contributed by atoms with Gasteiger partial charge < -0.3 is 5.32 Å². The number of nitrogens with zero attached hydrogens (tertiary/aromatic N) is 2. The van der Waals surface area contributed by atoms with Crippen molar-refractivity contribution in [3.05, 3.63) is 41.6 Å². The topological polar surface area (TPSA) is 81.1 Å². The molecule has 122 valence electrons. The Morgan fingerprint density at radius 3 is 2.70 bits per heavy atom. The van der Waals surface area contributed by atoms with E-state index in [1.807, 2.05) is 37.3 Å². The van der Waals surface area contributed by atoms with Crippen molar-refractivity contribution in [2.24, 2.45) is 0 Å². The molecule has 2 aromatic rings. The van der Waals surface area contributed by atoms with Crippen molar-refractivity contribution in [1.29, 1.82) is 0 Å². The zero-order valence-electron chi connectivity index (χ0n) is 12.9. The molecule has 0 saturated carbocycles. The maximum absolute atomic E-state index is 12.1. The Bertz CT molecular complexity index is 826. The summed E-state index contributed by atoms with van der Waals surface area (Å²) >= 11 is 0. The van der Waals surface area contributed by atoms with Gasteiger partial charge in [0.15, 0.2) is 9.84 Å². The summed E-state index contributed by atoms with van der Waals surface area (Å²) in [6.45, 7) is 2.02. The molecular weight excluding hydrogens is 314 g/mol. The van der Waals surface area contributed by atoms with Crippen molar-refractivity contribution in [2.45, 2.75) is 37.7 Å². The largest absolute Gasteiger partial charge is 0.310 e. The number of anilines is 1. The molecule has 0 atom stereocenters. The van der Waals surface area contributed by atoms with E-state index in [-0.39, 0.29) is 17.4 Å². The molecular formula is C16H19N3O3S. The number of rotatable bonds is 5. The number of carbonyl (C=O) groups excluding carboxylic acids is 1. The van der Waals surface area contributed by atoms with Gasteiger partial charge in [-0.15, -0.1) is 0 Å². The fourth-order valence-electron chi connectivity index (χ4n) is 2.66. The van der Waals surface area contributed by atoms with Crippen LogP contribution in [0.3, 0.4) is 0 Å². The molecule has 1 N–H and O–H groups in total. The average molecular weight is 333 g/mol. The van der Waals surface area contributed by atoms with Gasteiger partial charge in [-0.1, -0.05) is 31.5 Å². The van der Waals surface area contributed by atoms with Crippen molar-refractivity contribution in [1.82, 2.24) is 9.78 Å². The molecule has 23 heavy (non-hydrogen) atoms. The molecule has 1 aromatic heterocycles. The molecule has 0 unspecified atom stereocenters. The average Bonchev–Trinajstić information content (AvgIpc) is 2.99. The summed E-state index contributed by atoms with van der Waals surface area (Å²) in [7, 11) is -3.16. The third-order valence-electron chi connectivity index (χ3n) is 3.80. The highest BCUT2D eigenvalue weighted by Crippen LogP contribution is 2.32. The Morgan fingerprint density at radius 2 is 2.00 bits per heavy atom. The van der Waals surface area contributed by atoms with Crippen LogP contribution in [0.2, 0.25) is 0 Å². The first-order valence-corrected chi connectivity index (χ1v) is 9.49. The summed E-state index contributed by atoms with van der Waals surface area (Å²) in [5, 5.41) is 7.27. The highest BCUT2D eigenvalue weighted by Gasteiger charge is 2.33. The van der Waals surface area contributed by atoms with Gasteiger partial charge in [-0.05, 0) is 18.6 Å². The van der Waals surface area contributed by atoms with Gasteiger partial charge in [0.1, 0.15) is 5.82 Å². The van der Waals surface area contributed by atoms with E-state index in [2.05, 4.69) is 10.4 Å². The van der Waals surface area contributed by atoms with E-state index in [0.717, 1.165) is 18.5 Å². The van der Waals surface area contributed by atoms with Crippen LogP contribution in [-0.2, 0) is 26.1 Å². The van der Waals surface area contributed by atoms with E-state index in [1.165, 1.54) is 0 Å². The second kappa shape index (κ2) is 6.16. The molecule has 3 rings (SSSR count). The Balaban J connectivity index is 1.99. The van der Waals surface area contributed by atoms with E-state index < -0.39 is 9.84 Å². The van der Waals surface area contributed by atoms with E-state index >= 15 is 0 Å². The Morgan fingerprint density at radius 1 is 1.26 bits per heavy atom.